The highest BCUT2D eigenvalue weighted by molar-refractivity contribution is 14.1. The van der Waals surface area contributed by atoms with Crippen LogP contribution in [0, 0.1) is 3.70 Å². The number of hydrogen-bond acceptors (Lipinski definition) is 3. The van der Waals surface area contributed by atoms with Crippen LogP contribution < -0.4 is 4.74 Å². The van der Waals surface area contributed by atoms with Gasteiger partial charge in [-0.1, -0.05) is 0 Å². The molecule has 0 aromatic carbocycles. The fourth-order valence-corrected chi connectivity index (χ4v) is 1.58. The van der Waals surface area contributed by atoms with E-state index in [9.17, 15) is 13.2 Å². The molecule has 0 saturated carbocycles. The lowest BCUT2D eigenvalue weighted by Gasteiger charge is -2.07. The molecule has 2 rings (SSSR count). The van der Waals surface area contributed by atoms with E-state index in [2.05, 4.69) is 19.9 Å². The van der Waals surface area contributed by atoms with Crippen LogP contribution >= 0.6 is 22.6 Å². The van der Waals surface area contributed by atoms with E-state index in [1.165, 1.54) is 6.07 Å². The minimum Gasteiger partial charge on any atom is -0.404 e. The first-order valence-electron chi connectivity index (χ1n) is 3.71. The Morgan fingerprint density at radius 1 is 1.40 bits per heavy atom. The second kappa shape index (κ2) is 3.51. The Morgan fingerprint density at radius 3 is 2.80 bits per heavy atom. The van der Waals surface area contributed by atoms with Gasteiger partial charge >= 0.3 is 6.36 Å². The van der Waals surface area contributed by atoms with E-state index < -0.39 is 6.36 Å². The van der Waals surface area contributed by atoms with Gasteiger partial charge in [0, 0.05) is 6.07 Å². The van der Waals surface area contributed by atoms with Gasteiger partial charge in [0.05, 0.1) is 6.20 Å². The van der Waals surface area contributed by atoms with Gasteiger partial charge in [-0.2, -0.15) is 5.10 Å². The number of alkyl halides is 3. The van der Waals surface area contributed by atoms with Crippen LogP contribution in [0.25, 0.3) is 11.0 Å². The minimum atomic E-state index is -4.71. The van der Waals surface area contributed by atoms with Gasteiger partial charge < -0.3 is 4.74 Å². The highest BCUT2D eigenvalue weighted by Gasteiger charge is 2.31. The first kappa shape index (κ1) is 10.5. The van der Waals surface area contributed by atoms with E-state index in [4.69, 9.17) is 0 Å². The smallest absolute Gasteiger partial charge is 0.404 e. The zero-order chi connectivity index (χ0) is 11.1. The van der Waals surface area contributed by atoms with E-state index in [1.807, 2.05) is 22.6 Å². The highest BCUT2D eigenvalue weighted by atomic mass is 127. The molecule has 4 nitrogen and oxygen atoms in total. The molecule has 0 atom stereocenters. The Bertz CT molecular complexity index is 496. The maximum atomic E-state index is 11.9. The van der Waals surface area contributed by atoms with Crippen molar-refractivity contribution < 1.29 is 17.9 Å². The average Bonchev–Trinajstić information content (AvgIpc) is 2.45. The maximum Gasteiger partial charge on any atom is 0.573 e. The van der Waals surface area contributed by atoms with Crippen molar-refractivity contribution in [2.75, 3.05) is 0 Å². The molecule has 0 spiro atoms. The van der Waals surface area contributed by atoms with Crippen molar-refractivity contribution in [3.05, 3.63) is 16.0 Å². The van der Waals surface area contributed by atoms with Gasteiger partial charge in [0.2, 0.25) is 0 Å². The summed E-state index contributed by atoms with van der Waals surface area (Å²) in [6.45, 7) is 0. The van der Waals surface area contributed by atoms with Crippen LogP contribution in [0.1, 0.15) is 0 Å². The summed E-state index contributed by atoms with van der Waals surface area (Å²) in [7, 11) is 0. The number of nitrogens with one attached hydrogen (secondary N) is 1. The van der Waals surface area contributed by atoms with Crippen LogP contribution in [0.4, 0.5) is 13.2 Å². The van der Waals surface area contributed by atoms with Crippen LogP contribution in [-0.2, 0) is 0 Å². The van der Waals surface area contributed by atoms with E-state index in [0.717, 1.165) is 6.20 Å². The summed E-state index contributed by atoms with van der Waals surface area (Å²) in [5.41, 5.74) is 0.853. The summed E-state index contributed by atoms with van der Waals surface area (Å²) in [5.74, 6) is -0.377. The SMILES string of the molecule is FC(F)(F)Oc1cnc2c(I)[nH]nc2c1. The molecule has 0 aliphatic heterocycles. The lowest BCUT2D eigenvalue weighted by atomic mass is 10.4. The van der Waals surface area contributed by atoms with E-state index in [-0.39, 0.29) is 5.75 Å². The molecule has 8 heteroatoms. The van der Waals surface area contributed by atoms with Crippen molar-refractivity contribution in [1.29, 1.82) is 0 Å². The Hall–Kier alpha value is -1.06. The number of fused-ring (bicyclic) bond motifs is 1. The summed E-state index contributed by atoms with van der Waals surface area (Å²) < 4.78 is 40.0. The molecule has 0 unspecified atom stereocenters. The minimum absolute atomic E-state index is 0.334. The molecule has 1 N–H and O–H groups in total. The number of H-pyrrole nitrogens is 1. The van der Waals surface area contributed by atoms with Crippen molar-refractivity contribution in [2.45, 2.75) is 6.36 Å². The quantitative estimate of drug-likeness (QED) is 0.818. The summed E-state index contributed by atoms with van der Waals surface area (Å²) in [6, 6.07) is 1.18. The molecule has 2 aromatic rings. The molecule has 0 bridgehead atoms. The number of aromatic nitrogens is 3. The summed E-state index contributed by atoms with van der Waals surface area (Å²) in [4.78, 5) is 3.80. The number of aromatic amines is 1. The fraction of sp³-hybridized carbons (Fsp3) is 0.143. The third kappa shape index (κ3) is 2.30. The van der Waals surface area contributed by atoms with Crippen LogP contribution in [0.3, 0.4) is 0 Å². The number of ether oxygens (including phenoxy) is 1. The zero-order valence-corrected chi connectivity index (χ0v) is 9.13. The lowest BCUT2D eigenvalue weighted by molar-refractivity contribution is -0.274. The topological polar surface area (TPSA) is 50.8 Å². The van der Waals surface area contributed by atoms with Crippen molar-refractivity contribution >= 4 is 33.6 Å². The molecular formula is C7H3F3IN3O. The van der Waals surface area contributed by atoms with Crippen molar-refractivity contribution in [2.24, 2.45) is 0 Å². The van der Waals surface area contributed by atoms with Crippen LogP contribution in [-0.4, -0.2) is 21.5 Å². The largest absolute Gasteiger partial charge is 0.573 e. The molecule has 0 saturated heterocycles. The van der Waals surface area contributed by atoms with Crippen LogP contribution in [0.15, 0.2) is 12.3 Å². The van der Waals surface area contributed by atoms with Gasteiger partial charge in [-0.3, -0.25) is 5.10 Å². The van der Waals surface area contributed by atoms with Crippen molar-refractivity contribution in [1.82, 2.24) is 15.2 Å². The third-order valence-electron chi connectivity index (χ3n) is 1.56. The highest BCUT2D eigenvalue weighted by Crippen LogP contribution is 2.25. The van der Waals surface area contributed by atoms with Crippen molar-refractivity contribution in [3.63, 3.8) is 0 Å². The number of rotatable bonds is 1. The molecule has 0 radical (unpaired) electrons. The third-order valence-corrected chi connectivity index (χ3v) is 2.31. The molecule has 0 fully saturated rings. The Kier molecular flexibility index (Phi) is 2.44. The number of hydrogen-bond donors (Lipinski definition) is 1. The second-order valence-electron chi connectivity index (χ2n) is 2.62. The Balaban J connectivity index is 2.39. The second-order valence-corrected chi connectivity index (χ2v) is 3.70. The summed E-state index contributed by atoms with van der Waals surface area (Å²) >= 11 is 1.95. The van der Waals surface area contributed by atoms with Crippen LogP contribution in [0.5, 0.6) is 5.75 Å². The fourth-order valence-electron chi connectivity index (χ4n) is 1.04. The zero-order valence-electron chi connectivity index (χ0n) is 6.97. The van der Waals surface area contributed by atoms with Crippen LogP contribution in [0.2, 0.25) is 0 Å². The molecule has 2 heterocycles. The van der Waals surface area contributed by atoms with Crippen molar-refractivity contribution in [3.8, 4) is 5.75 Å². The predicted octanol–water partition coefficient (Wildman–Crippen LogP) is 2.46. The van der Waals surface area contributed by atoms with E-state index in [0.29, 0.717) is 14.7 Å². The predicted molar refractivity (Wildman–Crippen MR) is 53.3 cm³/mol. The summed E-state index contributed by atoms with van der Waals surface area (Å²) in [5, 5.41) is 6.37. The average molecular weight is 329 g/mol. The van der Waals surface area contributed by atoms with Gasteiger partial charge in [0.1, 0.15) is 20.5 Å². The molecule has 80 valence electrons. The normalized spacial score (nSPS) is 12.0. The molecule has 2 aromatic heterocycles. The first-order chi connectivity index (χ1) is 6.96. The van der Waals surface area contributed by atoms with Gasteiger partial charge in [-0.05, 0) is 22.6 Å². The van der Waals surface area contributed by atoms with E-state index >= 15 is 0 Å². The molecule has 0 amide bonds. The standard InChI is InChI=1S/C7H3F3IN3O/c8-7(9,10)15-3-1-4-5(12-2-3)6(11)14-13-4/h1-2H,(H,13,14). The van der Waals surface area contributed by atoms with Gasteiger partial charge in [-0.15, -0.1) is 13.2 Å². The van der Waals surface area contributed by atoms with Gasteiger partial charge in [0.25, 0.3) is 0 Å². The van der Waals surface area contributed by atoms with Gasteiger partial charge in [0.15, 0.2) is 0 Å². The number of pyridine rings is 1. The molecular weight excluding hydrogens is 326 g/mol. The van der Waals surface area contributed by atoms with E-state index in [1.54, 1.807) is 0 Å². The lowest BCUT2D eigenvalue weighted by Crippen LogP contribution is -2.17. The molecule has 0 aliphatic carbocycles. The molecule has 15 heavy (non-hydrogen) atoms. The molecule has 0 aliphatic rings. The monoisotopic (exact) mass is 329 g/mol. The number of halogens is 4. The van der Waals surface area contributed by atoms with Gasteiger partial charge in [-0.25, -0.2) is 4.98 Å². The maximum absolute atomic E-state index is 11.9. The summed E-state index contributed by atoms with van der Waals surface area (Å²) in [6.07, 6.45) is -3.70. The Morgan fingerprint density at radius 2 is 2.13 bits per heavy atom. The Labute approximate surface area is 95.0 Å². The first-order valence-corrected chi connectivity index (χ1v) is 4.79. The number of nitrogens with zero attached hydrogens (tertiary/aromatic N) is 2.